The monoisotopic (exact) mass is 330 g/mol. The predicted molar refractivity (Wildman–Crippen MR) is 81.3 cm³/mol. The van der Waals surface area contributed by atoms with E-state index in [0.29, 0.717) is 11.3 Å². The number of alkyl halides is 1. The summed E-state index contributed by atoms with van der Waals surface area (Å²) in [6.07, 6.45) is 5.60. The summed E-state index contributed by atoms with van der Waals surface area (Å²) in [4.78, 5) is 6.92. The summed E-state index contributed by atoms with van der Waals surface area (Å²) in [6, 6.07) is 2.07. The van der Waals surface area contributed by atoms with Gasteiger partial charge in [-0.25, -0.2) is 4.98 Å². The Labute approximate surface area is 123 Å². The number of aromatic nitrogens is 1. The average molecular weight is 332 g/mol. The molecule has 0 saturated carbocycles. The van der Waals surface area contributed by atoms with E-state index >= 15 is 0 Å². The van der Waals surface area contributed by atoms with Gasteiger partial charge in [0.2, 0.25) is 0 Å². The molecule has 0 aromatic carbocycles. The first-order valence-electron chi connectivity index (χ1n) is 6.53. The maximum Gasteiger partial charge on any atom is 0.133 e. The highest BCUT2D eigenvalue weighted by atomic mass is 79.9. The Hall–Kier alpha value is -0.280. The van der Waals surface area contributed by atoms with Crippen LogP contribution in [0.25, 0.3) is 0 Å². The molecule has 1 aromatic heterocycles. The molecule has 0 N–H and O–H groups in total. The van der Waals surface area contributed by atoms with Gasteiger partial charge in [0, 0.05) is 29.3 Å². The highest BCUT2D eigenvalue weighted by Crippen LogP contribution is 2.36. The molecule has 2 heterocycles. The molecule has 1 aliphatic rings. The Morgan fingerprint density at radius 2 is 2.11 bits per heavy atom. The topological polar surface area (TPSA) is 16.1 Å². The van der Waals surface area contributed by atoms with Crippen LogP contribution in [0.3, 0.4) is 0 Å². The number of pyridine rings is 1. The van der Waals surface area contributed by atoms with Crippen molar-refractivity contribution in [1.82, 2.24) is 4.98 Å². The van der Waals surface area contributed by atoms with Gasteiger partial charge in [-0.15, -0.1) is 11.6 Å². The number of hydrogen-bond acceptors (Lipinski definition) is 2. The third-order valence-electron chi connectivity index (χ3n) is 4.18. The van der Waals surface area contributed by atoms with Crippen LogP contribution in [0.4, 0.5) is 5.82 Å². The first kappa shape index (κ1) is 14.1. The number of piperidine rings is 1. The zero-order valence-electron chi connectivity index (χ0n) is 11.0. The van der Waals surface area contributed by atoms with Crippen LogP contribution in [-0.4, -0.2) is 18.1 Å². The molecule has 2 rings (SSSR count). The molecule has 4 heteroatoms. The molecule has 0 radical (unpaired) electrons. The fourth-order valence-corrected chi connectivity index (χ4v) is 3.04. The fourth-order valence-electron chi connectivity index (χ4n) is 2.47. The van der Waals surface area contributed by atoms with Crippen LogP contribution in [-0.2, 0) is 5.88 Å². The fraction of sp³-hybridized carbons (Fsp3) is 0.643. The minimum atomic E-state index is 0.507. The van der Waals surface area contributed by atoms with Crippen molar-refractivity contribution in [2.75, 3.05) is 18.0 Å². The summed E-state index contributed by atoms with van der Waals surface area (Å²) in [5.74, 6) is 1.58. The van der Waals surface area contributed by atoms with Gasteiger partial charge in [-0.1, -0.05) is 20.3 Å². The summed E-state index contributed by atoms with van der Waals surface area (Å²) in [5, 5.41) is 0. The smallest absolute Gasteiger partial charge is 0.133 e. The van der Waals surface area contributed by atoms with Gasteiger partial charge in [-0.3, -0.25) is 0 Å². The van der Waals surface area contributed by atoms with E-state index in [9.17, 15) is 0 Å². The third kappa shape index (κ3) is 3.00. The lowest BCUT2D eigenvalue weighted by Crippen LogP contribution is -2.39. The van der Waals surface area contributed by atoms with Crippen molar-refractivity contribution in [1.29, 1.82) is 0 Å². The first-order chi connectivity index (χ1) is 8.58. The Morgan fingerprint density at radius 1 is 1.44 bits per heavy atom. The van der Waals surface area contributed by atoms with Crippen molar-refractivity contribution in [3.05, 3.63) is 22.3 Å². The molecule has 2 nitrogen and oxygen atoms in total. The van der Waals surface area contributed by atoms with E-state index < -0.39 is 0 Å². The highest BCUT2D eigenvalue weighted by molar-refractivity contribution is 9.10. The molecule has 1 aromatic rings. The van der Waals surface area contributed by atoms with Crippen LogP contribution in [0.1, 0.15) is 38.7 Å². The summed E-state index contributed by atoms with van der Waals surface area (Å²) in [7, 11) is 0. The van der Waals surface area contributed by atoms with Gasteiger partial charge in [-0.2, -0.15) is 0 Å². The third-order valence-corrected chi connectivity index (χ3v) is 4.90. The Kier molecular flexibility index (Phi) is 4.54. The van der Waals surface area contributed by atoms with Crippen LogP contribution in [0.2, 0.25) is 0 Å². The van der Waals surface area contributed by atoms with E-state index in [1.807, 2.05) is 6.20 Å². The molecule has 1 saturated heterocycles. The molecule has 1 fully saturated rings. The van der Waals surface area contributed by atoms with E-state index in [1.54, 1.807) is 0 Å². The van der Waals surface area contributed by atoms with E-state index in [1.165, 1.54) is 19.3 Å². The second-order valence-corrected chi connectivity index (χ2v) is 6.60. The average Bonchev–Trinajstić information content (AvgIpc) is 2.40. The van der Waals surface area contributed by atoms with Crippen LogP contribution >= 0.6 is 27.5 Å². The number of rotatable bonds is 3. The minimum Gasteiger partial charge on any atom is -0.356 e. The van der Waals surface area contributed by atoms with E-state index in [4.69, 9.17) is 11.6 Å². The minimum absolute atomic E-state index is 0.507. The van der Waals surface area contributed by atoms with Gasteiger partial charge in [0.25, 0.3) is 0 Å². The molecule has 18 heavy (non-hydrogen) atoms. The quantitative estimate of drug-likeness (QED) is 0.753. The zero-order valence-corrected chi connectivity index (χ0v) is 13.4. The summed E-state index contributed by atoms with van der Waals surface area (Å²) >= 11 is 9.47. The lowest BCUT2D eigenvalue weighted by molar-refractivity contribution is 0.237. The number of nitrogens with zero attached hydrogens (tertiary/aromatic N) is 2. The lowest BCUT2D eigenvalue weighted by Gasteiger charge is -2.40. The van der Waals surface area contributed by atoms with Crippen molar-refractivity contribution in [3.63, 3.8) is 0 Å². The molecule has 0 unspecified atom stereocenters. The Bertz CT molecular complexity index is 414. The molecule has 0 amide bonds. The number of anilines is 1. The van der Waals surface area contributed by atoms with Gasteiger partial charge >= 0.3 is 0 Å². The van der Waals surface area contributed by atoms with Crippen LogP contribution < -0.4 is 4.90 Å². The normalized spacial score (nSPS) is 19.0. The van der Waals surface area contributed by atoms with Crippen molar-refractivity contribution >= 4 is 33.3 Å². The second-order valence-electron chi connectivity index (χ2n) is 5.42. The zero-order chi connectivity index (χ0) is 13.2. The van der Waals surface area contributed by atoms with Crippen LogP contribution in [0.5, 0.6) is 0 Å². The highest BCUT2D eigenvalue weighted by Gasteiger charge is 2.29. The van der Waals surface area contributed by atoms with Crippen molar-refractivity contribution in [3.8, 4) is 0 Å². The van der Waals surface area contributed by atoms with Gasteiger partial charge in [0.15, 0.2) is 0 Å². The molecule has 0 aliphatic carbocycles. The number of halogens is 2. The Morgan fingerprint density at radius 3 is 2.67 bits per heavy atom. The van der Waals surface area contributed by atoms with Gasteiger partial charge in [0.05, 0.1) is 5.88 Å². The maximum absolute atomic E-state index is 6.02. The van der Waals surface area contributed by atoms with Crippen molar-refractivity contribution < 1.29 is 0 Å². The van der Waals surface area contributed by atoms with E-state index in [0.717, 1.165) is 28.9 Å². The largest absolute Gasteiger partial charge is 0.356 e. The molecule has 1 aliphatic heterocycles. The van der Waals surface area contributed by atoms with E-state index in [2.05, 4.69) is 45.7 Å². The predicted octanol–water partition coefficient (Wildman–Crippen LogP) is 4.60. The van der Waals surface area contributed by atoms with Gasteiger partial charge in [0.1, 0.15) is 5.82 Å². The first-order valence-corrected chi connectivity index (χ1v) is 7.86. The van der Waals surface area contributed by atoms with E-state index in [-0.39, 0.29) is 0 Å². The molecular formula is C14H20BrClN2. The van der Waals surface area contributed by atoms with Crippen LogP contribution in [0.15, 0.2) is 16.7 Å². The summed E-state index contributed by atoms with van der Waals surface area (Å²) < 4.78 is 0.998. The SMILES string of the molecule is CCC1(C)CCN(c2ncc(Br)cc2CCl)CC1. The maximum atomic E-state index is 6.02. The second kappa shape index (κ2) is 5.79. The Balaban J connectivity index is 2.14. The van der Waals surface area contributed by atoms with Crippen molar-refractivity contribution in [2.24, 2.45) is 5.41 Å². The van der Waals surface area contributed by atoms with Crippen LogP contribution in [0, 0.1) is 5.41 Å². The molecule has 100 valence electrons. The van der Waals surface area contributed by atoms with Crippen molar-refractivity contribution in [2.45, 2.75) is 39.0 Å². The summed E-state index contributed by atoms with van der Waals surface area (Å²) in [6.45, 7) is 6.85. The lowest BCUT2D eigenvalue weighted by atomic mass is 9.78. The summed E-state index contributed by atoms with van der Waals surface area (Å²) in [5.41, 5.74) is 1.62. The van der Waals surface area contributed by atoms with Gasteiger partial charge < -0.3 is 4.90 Å². The molecule has 0 atom stereocenters. The van der Waals surface area contributed by atoms with Gasteiger partial charge in [-0.05, 0) is 40.3 Å². The number of hydrogen-bond donors (Lipinski definition) is 0. The molecular weight excluding hydrogens is 312 g/mol. The molecule has 0 spiro atoms. The molecule has 0 bridgehead atoms. The standard InChI is InChI=1S/C14H20BrClN2/c1-3-14(2)4-6-18(7-5-14)13-11(9-16)8-12(15)10-17-13/h8,10H,3-7,9H2,1-2H3.